The molecule has 0 radical (unpaired) electrons. The van der Waals surface area contributed by atoms with Crippen LogP contribution in [0.1, 0.15) is 18.4 Å². The van der Waals surface area contributed by atoms with Crippen LogP contribution in [0.4, 0.5) is 11.4 Å². The Morgan fingerprint density at radius 1 is 1.62 bits per heavy atom. The molecule has 8 nitrogen and oxygen atoms in total. The number of ether oxygens (including phenoxy) is 1. The zero-order chi connectivity index (χ0) is 15.8. The molecule has 3 N–H and O–H groups in total. The second-order valence-corrected chi connectivity index (χ2v) is 4.33. The molecule has 0 bridgehead atoms. The Labute approximate surface area is 121 Å². The summed E-state index contributed by atoms with van der Waals surface area (Å²) in [7, 11) is 1.55. The highest BCUT2D eigenvalue weighted by molar-refractivity contribution is 5.96. The number of carbonyl (C=O) groups excluding carboxylic acids is 1. The third-order valence-corrected chi connectivity index (χ3v) is 2.78. The molecular formula is C13H16N4O4. The van der Waals surface area contributed by atoms with E-state index >= 15 is 0 Å². The van der Waals surface area contributed by atoms with E-state index in [0.717, 1.165) is 6.07 Å². The topological polar surface area (TPSA) is 131 Å². The van der Waals surface area contributed by atoms with Crippen LogP contribution in [0.15, 0.2) is 18.2 Å². The smallest absolute Gasteiger partial charge is 0.294 e. The number of nitriles is 1. The number of hydrogen-bond acceptors (Lipinski definition) is 6. The Hall–Kier alpha value is -2.50. The fourth-order valence-electron chi connectivity index (χ4n) is 1.66. The molecule has 0 aliphatic rings. The summed E-state index contributed by atoms with van der Waals surface area (Å²) in [6.45, 7) is 0.484. The van der Waals surface area contributed by atoms with E-state index in [1.807, 2.05) is 0 Å². The van der Waals surface area contributed by atoms with Gasteiger partial charge in [0.2, 0.25) is 5.91 Å². The number of nitro groups is 1. The molecule has 112 valence electrons. The van der Waals surface area contributed by atoms with Crippen LogP contribution in [0.3, 0.4) is 0 Å². The highest BCUT2D eigenvalue weighted by Gasteiger charge is 2.20. The number of hydrogen-bond donors (Lipinski definition) is 2. The lowest BCUT2D eigenvalue weighted by atomic mass is 10.1. The standard InChI is InChI=1S/C13H16N4O4/c1-21-6-2-3-10(15)13(18)16-11-5-4-9(8-14)7-12(11)17(19)20/h4-5,7,10H,2-3,6,15H2,1H3,(H,16,18). The van der Waals surface area contributed by atoms with Crippen LogP contribution >= 0.6 is 0 Å². The summed E-state index contributed by atoms with van der Waals surface area (Å²) in [6.07, 6.45) is 1.02. The summed E-state index contributed by atoms with van der Waals surface area (Å²) in [5.74, 6) is -0.515. The third-order valence-electron chi connectivity index (χ3n) is 2.78. The van der Waals surface area contributed by atoms with Crippen LogP contribution < -0.4 is 11.1 Å². The number of methoxy groups -OCH3 is 1. The van der Waals surface area contributed by atoms with Gasteiger partial charge in [0.25, 0.3) is 5.69 Å². The minimum Gasteiger partial charge on any atom is -0.385 e. The molecule has 1 atom stereocenters. The van der Waals surface area contributed by atoms with Crippen molar-refractivity contribution in [1.82, 2.24) is 0 Å². The van der Waals surface area contributed by atoms with Crippen molar-refractivity contribution in [2.45, 2.75) is 18.9 Å². The zero-order valence-corrected chi connectivity index (χ0v) is 11.5. The van der Waals surface area contributed by atoms with Gasteiger partial charge in [-0.3, -0.25) is 14.9 Å². The van der Waals surface area contributed by atoms with E-state index in [9.17, 15) is 14.9 Å². The highest BCUT2D eigenvalue weighted by Crippen LogP contribution is 2.25. The molecule has 0 aliphatic carbocycles. The van der Waals surface area contributed by atoms with Crippen molar-refractivity contribution in [2.75, 3.05) is 19.0 Å². The summed E-state index contributed by atoms with van der Waals surface area (Å²) < 4.78 is 4.86. The first kappa shape index (κ1) is 16.6. The Bertz CT molecular complexity index is 568. The van der Waals surface area contributed by atoms with Crippen LogP contribution in [-0.2, 0) is 9.53 Å². The number of nitrogens with one attached hydrogen (secondary N) is 1. The average Bonchev–Trinajstić information content (AvgIpc) is 2.47. The molecule has 0 aromatic heterocycles. The van der Waals surface area contributed by atoms with E-state index in [4.69, 9.17) is 15.7 Å². The van der Waals surface area contributed by atoms with Gasteiger partial charge in [0.1, 0.15) is 5.69 Å². The molecule has 1 unspecified atom stereocenters. The van der Waals surface area contributed by atoms with E-state index in [2.05, 4.69) is 5.32 Å². The second kappa shape index (κ2) is 7.94. The monoisotopic (exact) mass is 292 g/mol. The number of rotatable bonds is 7. The van der Waals surface area contributed by atoms with Crippen molar-refractivity contribution in [1.29, 1.82) is 5.26 Å². The van der Waals surface area contributed by atoms with Gasteiger partial charge in [-0.1, -0.05) is 0 Å². The summed E-state index contributed by atoms with van der Waals surface area (Å²) in [5.41, 5.74) is 5.52. The van der Waals surface area contributed by atoms with Gasteiger partial charge in [0.05, 0.1) is 22.6 Å². The maximum Gasteiger partial charge on any atom is 0.294 e. The Kier molecular flexibility index (Phi) is 6.26. The number of nitrogens with zero attached hydrogens (tertiary/aromatic N) is 2. The van der Waals surface area contributed by atoms with Crippen molar-refractivity contribution >= 4 is 17.3 Å². The van der Waals surface area contributed by atoms with Gasteiger partial charge in [-0.05, 0) is 25.0 Å². The fourth-order valence-corrected chi connectivity index (χ4v) is 1.66. The van der Waals surface area contributed by atoms with Gasteiger partial charge in [-0.2, -0.15) is 5.26 Å². The Balaban J connectivity index is 2.80. The number of nitrogens with two attached hydrogens (primary N) is 1. The van der Waals surface area contributed by atoms with Crippen LogP contribution in [0, 0.1) is 21.4 Å². The van der Waals surface area contributed by atoms with E-state index in [-0.39, 0.29) is 16.9 Å². The molecule has 0 aliphatic heterocycles. The normalized spacial score (nSPS) is 11.5. The number of amides is 1. The van der Waals surface area contributed by atoms with Crippen molar-refractivity contribution in [2.24, 2.45) is 5.73 Å². The fraction of sp³-hybridized carbons (Fsp3) is 0.385. The second-order valence-electron chi connectivity index (χ2n) is 4.33. The van der Waals surface area contributed by atoms with E-state index in [1.165, 1.54) is 12.1 Å². The molecule has 0 heterocycles. The van der Waals surface area contributed by atoms with Crippen LogP contribution in [-0.4, -0.2) is 30.6 Å². The minimum atomic E-state index is -0.782. The third kappa shape index (κ3) is 4.83. The van der Waals surface area contributed by atoms with Crippen molar-refractivity contribution in [3.8, 4) is 6.07 Å². The molecule has 1 rings (SSSR count). The average molecular weight is 292 g/mol. The van der Waals surface area contributed by atoms with E-state index in [0.29, 0.717) is 19.4 Å². The minimum absolute atomic E-state index is 0.0196. The Morgan fingerprint density at radius 3 is 2.90 bits per heavy atom. The molecule has 1 aromatic rings. The summed E-state index contributed by atoms with van der Waals surface area (Å²) in [4.78, 5) is 22.2. The largest absolute Gasteiger partial charge is 0.385 e. The predicted octanol–water partition coefficient (Wildman–Crippen LogP) is 1.16. The SMILES string of the molecule is COCCCC(N)C(=O)Nc1ccc(C#N)cc1[N+](=O)[O-]. The first-order valence-corrected chi connectivity index (χ1v) is 6.23. The summed E-state index contributed by atoms with van der Waals surface area (Å²) in [6, 6.07) is 4.83. The maximum atomic E-state index is 11.9. The van der Waals surface area contributed by atoms with Gasteiger partial charge in [-0.15, -0.1) is 0 Å². The zero-order valence-electron chi connectivity index (χ0n) is 11.5. The number of nitro benzene ring substituents is 1. The van der Waals surface area contributed by atoms with Gasteiger partial charge >= 0.3 is 0 Å². The first-order valence-electron chi connectivity index (χ1n) is 6.23. The van der Waals surface area contributed by atoms with Crippen molar-refractivity contribution < 1.29 is 14.5 Å². The van der Waals surface area contributed by atoms with Gasteiger partial charge in [0.15, 0.2) is 0 Å². The van der Waals surface area contributed by atoms with E-state index in [1.54, 1.807) is 13.2 Å². The molecular weight excluding hydrogens is 276 g/mol. The number of anilines is 1. The predicted molar refractivity (Wildman–Crippen MR) is 75.5 cm³/mol. The van der Waals surface area contributed by atoms with Crippen molar-refractivity contribution in [3.63, 3.8) is 0 Å². The molecule has 1 amide bonds. The molecule has 0 saturated carbocycles. The molecule has 0 spiro atoms. The quantitative estimate of drug-likeness (QED) is 0.440. The number of benzene rings is 1. The lowest BCUT2D eigenvalue weighted by Gasteiger charge is -2.12. The molecule has 8 heteroatoms. The summed E-state index contributed by atoms with van der Waals surface area (Å²) >= 11 is 0. The van der Waals surface area contributed by atoms with Crippen LogP contribution in [0.2, 0.25) is 0 Å². The molecule has 0 fully saturated rings. The Morgan fingerprint density at radius 2 is 2.33 bits per heavy atom. The lowest BCUT2D eigenvalue weighted by Crippen LogP contribution is -2.35. The van der Waals surface area contributed by atoms with Crippen LogP contribution in [0.5, 0.6) is 0 Å². The van der Waals surface area contributed by atoms with Crippen LogP contribution in [0.25, 0.3) is 0 Å². The number of carbonyl (C=O) groups is 1. The highest BCUT2D eigenvalue weighted by atomic mass is 16.6. The molecule has 21 heavy (non-hydrogen) atoms. The van der Waals surface area contributed by atoms with E-state index < -0.39 is 16.9 Å². The lowest BCUT2D eigenvalue weighted by molar-refractivity contribution is -0.383. The van der Waals surface area contributed by atoms with Gasteiger partial charge in [0, 0.05) is 19.8 Å². The first-order chi connectivity index (χ1) is 9.99. The molecule has 1 aromatic carbocycles. The van der Waals surface area contributed by atoms with Gasteiger partial charge in [-0.25, -0.2) is 0 Å². The van der Waals surface area contributed by atoms with Crippen molar-refractivity contribution in [3.05, 3.63) is 33.9 Å². The summed E-state index contributed by atoms with van der Waals surface area (Å²) in [5, 5.41) is 22.1. The molecule has 0 saturated heterocycles. The van der Waals surface area contributed by atoms with Gasteiger partial charge < -0.3 is 15.8 Å². The maximum absolute atomic E-state index is 11.9.